The molecule has 1 aromatic carbocycles. The number of benzene rings is 1. The molecule has 0 aliphatic rings. The average Bonchev–Trinajstić information content (AvgIpc) is 2.60. The van der Waals surface area contributed by atoms with Crippen LogP contribution in [0.1, 0.15) is 29.4 Å². The second-order valence-corrected chi connectivity index (χ2v) is 5.07. The minimum absolute atomic E-state index is 0.194. The zero-order valence-electron chi connectivity index (χ0n) is 13.5. The van der Waals surface area contributed by atoms with Gasteiger partial charge in [-0.25, -0.2) is 9.97 Å². The summed E-state index contributed by atoms with van der Waals surface area (Å²) in [6.45, 7) is 3.43. The molecule has 2 aromatic rings. The van der Waals surface area contributed by atoms with Crippen LogP contribution in [0.4, 0.5) is 5.82 Å². The predicted octanol–water partition coefficient (Wildman–Crippen LogP) is 2.28. The molecule has 0 aliphatic carbocycles. The number of ether oxygens (including phenoxy) is 1. The number of methoxy groups -OCH3 is 1. The van der Waals surface area contributed by atoms with Crippen LogP contribution in [0.2, 0.25) is 0 Å². The second kappa shape index (κ2) is 8.73. The van der Waals surface area contributed by atoms with Crippen molar-refractivity contribution in [1.29, 1.82) is 0 Å². The highest BCUT2D eigenvalue weighted by atomic mass is 16.5. The smallest absolute Gasteiger partial charge is 0.270 e. The molecular weight excluding hydrogens is 292 g/mol. The van der Waals surface area contributed by atoms with Gasteiger partial charge in [0.15, 0.2) is 0 Å². The van der Waals surface area contributed by atoms with E-state index in [2.05, 4.69) is 27.5 Å². The lowest BCUT2D eigenvalue weighted by Crippen LogP contribution is -2.26. The molecule has 0 saturated heterocycles. The highest BCUT2D eigenvalue weighted by molar-refractivity contribution is 5.92. The Hall–Kier alpha value is -2.63. The number of amides is 1. The molecule has 0 radical (unpaired) electrons. The van der Waals surface area contributed by atoms with Gasteiger partial charge in [0.2, 0.25) is 0 Å². The number of nitrogens with zero attached hydrogens (tertiary/aromatic N) is 2. The summed E-state index contributed by atoms with van der Waals surface area (Å²) in [4.78, 5) is 20.2. The van der Waals surface area contributed by atoms with E-state index in [4.69, 9.17) is 4.74 Å². The van der Waals surface area contributed by atoms with Crippen LogP contribution < -0.4 is 15.4 Å². The molecule has 0 atom stereocenters. The topological polar surface area (TPSA) is 76.1 Å². The molecule has 2 N–H and O–H groups in total. The van der Waals surface area contributed by atoms with Gasteiger partial charge in [0, 0.05) is 19.2 Å². The molecule has 6 heteroatoms. The first kappa shape index (κ1) is 16.7. The minimum Gasteiger partial charge on any atom is -0.497 e. The fourth-order valence-corrected chi connectivity index (χ4v) is 2.03. The van der Waals surface area contributed by atoms with Crippen LogP contribution in [0.5, 0.6) is 5.75 Å². The zero-order chi connectivity index (χ0) is 16.5. The van der Waals surface area contributed by atoms with E-state index < -0.39 is 0 Å². The molecule has 1 aromatic heterocycles. The van der Waals surface area contributed by atoms with Gasteiger partial charge in [0.1, 0.15) is 23.6 Å². The van der Waals surface area contributed by atoms with E-state index in [0.717, 1.165) is 30.7 Å². The first-order valence-electron chi connectivity index (χ1n) is 7.70. The number of hydrogen-bond donors (Lipinski definition) is 2. The van der Waals surface area contributed by atoms with Crippen LogP contribution in [0, 0.1) is 0 Å². The summed E-state index contributed by atoms with van der Waals surface area (Å²) in [5, 5.41) is 6.01. The maximum absolute atomic E-state index is 12.1. The predicted molar refractivity (Wildman–Crippen MR) is 89.8 cm³/mol. The van der Waals surface area contributed by atoms with Gasteiger partial charge in [-0.3, -0.25) is 4.79 Å². The SMILES string of the molecule is CCCNc1cc(C(=O)NCCc2ccc(OC)cc2)ncn1. The summed E-state index contributed by atoms with van der Waals surface area (Å²) in [5.41, 5.74) is 1.51. The van der Waals surface area contributed by atoms with Crippen molar-refractivity contribution >= 4 is 11.7 Å². The van der Waals surface area contributed by atoms with Gasteiger partial charge in [-0.1, -0.05) is 19.1 Å². The number of rotatable bonds is 8. The summed E-state index contributed by atoms with van der Waals surface area (Å²) < 4.78 is 5.12. The van der Waals surface area contributed by atoms with Gasteiger partial charge < -0.3 is 15.4 Å². The Balaban J connectivity index is 1.84. The van der Waals surface area contributed by atoms with E-state index >= 15 is 0 Å². The van der Waals surface area contributed by atoms with E-state index in [9.17, 15) is 4.79 Å². The van der Waals surface area contributed by atoms with Gasteiger partial charge in [0.25, 0.3) is 5.91 Å². The lowest BCUT2D eigenvalue weighted by molar-refractivity contribution is 0.0949. The van der Waals surface area contributed by atoms with Crippen molar-refractivity contribution in [3.05, 3.63) is 47.9 Å². The third-order valence-corrected chi connectivity index (χ3v) is 3.31. The average molecular weight is 314 g/mol. The van der Waals surface area contributed by atoms with Crippen molar-refractivity contribution in [2.45, 2.75) is 19.8 Å². The summed E-state index contributed by atoms with van der Waals surface area (Å²) in [6.07, 6.45) is 3.14. The molecule has 0 spiro atoms. The van der Waals surface area contributed by atoms with Gasteiger partial charge in [-0.05, 0) is 30.5 Å². The summed E-state index contributed by atoms with van der Waals surface area (Å²) >= 11 is 0. The molecule has 6 nitrogen and oxygen atoms in total. The zero-order valence-corrected chi connectivity index (χ0v) is 13.5. The Bertz CT molecular complexity index is 629. The fourth-order valence-electron chi connectivity index (χ4n) is 2.03. The Labute approximate surface area is 136 Å². The lowest BCUT2D eigenvalue weighted by atomic mass is 10.1. The van der Waals surface area contributed by atoms with E-state index in [1.54, 1.807) is 13.2 Å². The van der Waals surface area contributed by atoms with Gasteiger partial charge >= 0.3 is 0 Å². The number of anilines is 1. The van der Waals surface area contributed by atoms with E-state index in [0.29, 0.717) is 18.1 Å². The quantitative estimate of drug-likeness (QED) is 0.782. The first-order chi connectivity index (χ1) is 11.2. The Morgan fingerprint density at radius 2 is 1.96 bits per heavy atom. The van der Waals surface area contributed by atoms with E-state index in [-0.39, 0.29) is 5.91 Å². The standard InChI is InChI=1S/C17H22N4O2/c1-3-9-18-16-11-15(20-12-21-16)17(22)19-10-8-13-4-6-14(23-2)7-5-13/h4-7,11-12H,3,8-10H2,1-2H3,(H,19,22)(H,18,20,21). The summed E-state index contributed by atoms with van der Waals surface area (Å²) in [6, 6.07) is 9.46. The molecule has 0 saturated carbocycles. The normalized spacial score (nSPS) is 10.2. The van der Waals surface area contributed by atoms with Crippen LogP contribution in [0.15, 0.2) is 36.7 Å². The maximum atomic E-state index is 12.1. The lowest BCUT2D eigenvalue weighted by Gasteiger charge is -2.07. The van der Waals surface area contributed by atoms with Crippen molar-refractivity contribution in [3.63, 3.8) is 0 Å². The molecule has 0 unspecified atom stereocenters. The third-order valence-electron chi connectivity index (χ3n) is 3.31. The van der Waals surface area contributed by atoms with Crippen molar-refractivity contribution < 1.29 is 9.53 Å². The summed E-state index contributed by atoms with van der Waals surface area (Å²) in [7, 11) is 1.64. The van der Waals surface area contributed by atoms with Crippen molar-refractivity contribution in [1.82, 2.24) is 15.3 Å². The van der Waals surface area contributed by atoms with Gasteiger partial charge in [-0.15, -0.1) is 0 Å². The monoisotopic (exact) mass is 314 g/mol. The Morgan fingerprint density at radius 1 is 1.17 bits per heavy atom. The van der Waals surface area contributed by atoms with Crippen LogP contribution >= 0.6 is 0 Å². The fraction of sp³-hybridized carbons (Fsp3) is 0.353. The first-order valence-corrected chi connectivity index (χ1v) is 7.70. The molecule has 122 valence electrons. The highest BCUT2D eigenvalue weighted by Gasteiger charge is 2.08. The van der Waals surface area contributed by atoms with Crippen LogP contribution in [0.3, 0.4) is 0 Å². The van der Waals surface area contributed by atoms with E-state index in [1.807, 2.05) is 24.3 Å². The molecule has 1 amide bonds. The number of aromatic nitrogens is 2. The largest absolute Gasteiger partial charge is 0.497 e. The Kier molecular flexibility index (Phi) is 6.35. The molecule has 23 heavy (non-hydrogen) atoms. The number of nitrogens with one attached hydrogen (secondary N) is 2. The van der Waals surface area contributed by atoms with Crippen molar-refractivity contribution in [2.75, 3.05) is 25.5 Å². The van der Waals surface area contributed by atoms with Crippen LogP contribution in [-0.4, -0.2) is 36.1 Å². The van der Waals surface area contributed by atoms with E-state index in [1.165, 1.54) is 6.33 Å². The molecule has 0 aliphatic heterocycles. The maximum Gasteiger partial charge on any atom is 0.270 e. The molecule has 1 heterocycles. The molecular formula is C17H22N4O2. The summed E-state index contributed by atoms with van der Waals surface area (Å²) in [5.74, 6) is 1.30. The number of carbonyl (C=O) groups is 1. The van der Waals surface area contributed by atoms with Gasteiger partial charge in [-0.2, -0.15) is 0 Å². The molecule has 0 bridgehead atoms. The van der Waals surface area contributed by atoms with Crippen LogP contribution in [-0.2, 0) is 6.42 Å². The molecule has 2 rings (SSSR count). The third kappa shape index (κ3) is 5.25. The number of hydrogen-bond acceptors (Lipinski definition) is 5. The number of carbonyl (C=O) groups excluding carboxylic acids is 1. The minimum atomic E-state index is -0.194. The van der Waals surface area contributed by atoms with Crippen LogP contribution in [0.25, 0.3) is 0 Å². The highest BCUT2D eigenvalue weighted by Crippen LogP contribution is 2.11. The van der Waals surface area contributed by atoms with Crippen molar-refractivity contribution in [3.8, 4) is 5.75 Å². The second-order valence-electron chi connectivity index (χ2n) is 5.07. The Morgan fingerprint density at radius 3 is 2.65 bits per heavy atom. The van der Waals surface area contributed by atoms with Gasteiger partial charge in [0.05, 0.1) is 7.11 Å². The van der Waals surface area contributed by atoms with Crippen molar-refractivity contribution in [2.24, 2.45) is 0 Å². The molecule has 0 fully saturated rings.